The standard InChI is InChI=1S/C16H14BrF2N/c17-15-11(4-3-7-14(15)19)8-16(9-20-10-16)12-5-1-2-6-13(12)18/h1-7,20H,8-10H2. The Labute approximate surface area is 125 Å². The lowest BCUT2D eigenvalue weighted by molar-refractivity contribution is 0.265. The fraction of sp³-hybridized carbons (Fsp3) is 0.250. The smallest absolute Gasteiger partial charge is 0.137 e. The molecule has 0 bridgehead atoms. The van der Waals surface area contributed by atoms with Crippen molar-refractivity contribution in [2.45, 2.75) is 11.8 Å². The third-order valence-electron chi connectivity index (χ3n) is 3.93. The molecule has 20 heavy (non-hydrogen) atoms. The summed E-state index contributed by atoms with van der Waals surface area (Å²) >= 11 is 3.29. The molecular formula is C16H14BrF2N. The van der Waals surface area contributed by atoms with E-state index in [0.29, 0.717) is 29.5 Å². The molecule has 0 aromatic heterocycles. The van der Waals surface area contributed by atoms with Gasteiger partial charge in [-0.3, -0.25) is 0 Å². The second-order valence-corrected chi connectivity index (χ2v) is 6.05. The molecule has 1 N–H and O–H groups in total. The van der Waals surface area contributed by atoms with E-state index in [1.807, 2.05) is 18.2 Å². The average molecular weight is 338 g/mol. The van der Waals surface area contributed by atoms with Crippen LogP contribution in [0.25, 0.3) is 0 Å². The van der Waals surface area contributed by atoms with Crippen molar-refractivity contribution in [3.8, 4) is 0 Å². The molecule has 1 saturated heterocycles. The van der Waals surface area contributed by atoms with Crippen LogP contribution in [0.5, 0.6) is 0 Å². The number of rotatable bonds is 3. The van der Waals surface area contributed by atoms with Gasteiger partial charge in [-0.1, -0.05) is 30.3 Å². The van der Waals surface area contributed by atoms with Gasteiger partial charge in [-0.15, -0.1) is 0 Å². The van der Waals surface area contributed by atoms with Crippen LogP contribution in [0.3, 0.4) is 0 Å². The summed E-state index contributed by atoms with van der Waals surface area (Å²) in [6.45, 7) is 1.41. The minimum absolute atomic E-state index is 0.193. The summed E-state index contributed by atoms with van der Waals surface area (Å²) in [7, 11) is 0. The molecule has 0 radical (unpaired) electrons. The van der Waals surface area contributed by atoms with E-state index in [9.17, 15) is 8.78 Å². The largest absolute Gasteiger partial charge is 0.315 e. The van der Waals surface area contributed by atoms with Crippen LogP contribution in [0.1, 0.15) is 11.1 Å². The first kappa shape index (κ1) is 13.7. The molecule has 1 aliphatic heterocycles. The predicted molar refractivity (Wildman–Crippen MR) is 78.8 cm³/mol. The zero-order valence-electron chi connectivity index (χ0n) is 10.8. The Kier molecular flexibility index (Phi) is 3.61. The van der Waals surface area contributed by atoms with Crippen molar-refractivity contribution in [2.24, 2.45) is 0 Å². The fourth-order valence-electron chi connectivity index (χ4n) is 2.78. The van der Waals surface area contributed by atoms with Crippen LogP contribution in [0.4, 0.5) is 8.78 Å². The maximum Gasteiger partial charge on any atom is 0.137 e. The highest BCUT2D eigenvalue weighted by Crippen LogP contribution is 2.36. The number of hydrogen-bond donors (Lipinski definition) is 1. The Morgan fingerprint density at radius 3 is 2.35 bits per heavy atom. The molecule has 1 heterocycles. The maximum absolute atomic E-state index is 14.1. The minimum Gasteiger partial charge on any atom is -0.315 e. The lowest BCUT2D eigenvalue weighted by atomic mass is 9.71. The number of hydrogen-bond acceptors (Lipinski definition) is 1. The molecule has 0 unspecified atom stereocenters. The summed E-state index contributed by atoms with van der Waals surface area (Å²) in [5.41, 5.74) is 1.28. The summed E-state index contributed by atoms with van der Waals surface area (Å²) < 4.78 is 28.2. The van der Waals surface area contributed by atoms with E-state index >= 15 is 0 Å². The Hall–Kier alpha value is -1.26. The molecule has 3 rings (SSSR count). The van der Waals surface area contributed by atoms with E-state index in [1.54, 1.807) is 12.1 Å². The molecular weight excluding hydrogens is 324 g/mol. The van der Waals surface area contributed by atoms with Crippen molar-refractivity contribution < 1.29 is 8.78 Å². The molecule has 0 aliphatic carbocycles. The molecule has 0 amide bonds. The van der Waals surface area contributed by atoms with Gasteiger partial charge in [0.25, 0.3) is 0 Å². The van der Waals surface area contributed by atoms with Crippen molar-refractivity contribution in [1.82, 2.24) is 5.32 Å². The molecule has 1 nitrogen and oxygen atoms in total. The van der Waals surface area contributed by atoms with E-state index in [0.717, 1.165) is 5.56 Å². The molecule has 1 fully saturated rings. The highest BCUT2D eigenvalue weighted by atomic mass is 79.9. The lowest BCUT2D eigenvalue weighted by Crippen LogP contribution is -2.58. The number of benzene rings is 2. The molecule has 2 aromatic rings. The second kappa shape index (κ2) is 5.26. The molecule has 0 atom stereocenters. The number of nitrogens with one attached hydrogen (secondary N) is 1. The van der Waals surface area contributed by atoms with Crippen molar-refractivity contribution >= 4 is 15.9 Å². The monoisotopic (exact) mass is 337 g/mol. The highest BCUT2D eigenvalue weighted by molar-refractivity contribution is 9.10. The van der Waals surface area contributed by atoms with Gasteiger partial charge < -0.3 is 5.32 Å². The Bertz CT molecular complexity index is 638. The normalized spacial score (nSPS) is 16.8. The Balaban J connectivity index is 1.99. The SMILES string of the molecule is Fc1ccccc1C1(Cc2cccc(F)c2Br)CNC1. The zero-order valence-corrected chi connectivity index (χ0v) is 12.4. The quantitative estimate of drug-likeness (QED) is 0.897. The molecule has 104 valence electrons. The van der Waals surface area contributed by atoms with Crippen molar-refractivity contribution in [3.63, 3.8) is 0 Å². The number of halogens is 3. The van der Waals surface area contributed by atoms with Crippen LogP contribution in [0.15, 0.2) is 46.9 Å². The van der Waals surface area contributed by atoms with Crippen LogP contribution in [-0.4, -0.2) is 13.1 Å². The van der Waals surface area contributed by atoms with Crippen molar-refractivity contribution in [3.05, 3.63) is 69.7 Å². The molecule has 2 aromatic carbocycles. The summed E-state index contributed by atoms with van der Waals surface area (Å²) in [5, 5.41) is 3.21. The predicted octanol–water partition coefficient (Wildman–Crippen LogP) is 3.81. The van der Waals surface area contributed by atoms with Crippen LogP contribution in [-0.2, 0) is 11.8 Å². The van der Waals surface area contributed by atoms with Gasteiger partial charge in [0.1, 0.15) is 11.6 Å². The molecule has 0 saturated carbocycles. The van der Waals surface area contributed by atoms with Gasteiger partial charge in [-0.2, -0.15) is 0 Å². The summed E-state index contributed by atoms with van der Waals surface area (Å²) in [5.74, 6) is -0.472. The van der Waals surface area contributed by atoms with E-state index in [2.05, 4.69) is 21.2 Å². The third-order valence-corrected chi connectivity index (χ3v) is 4.82. The van der Waals surface area contributed by atoms with E-state index < -0.39 is 0 Å². The fourth-order valence-corrected chi connectivity index (χ4v) is 3.18. The van der Waals surface area contributed by atoms with Crippen molar-refractivity contribution in [2.75, 3.05) is 13.1 Å². The van der Waals surface area contributed by atoms with Gasteiger partial charge in [0.2, 0.25) is 0 Å². The summed E-state index contributed by atoms with van der Waals surface area (Å²) in [6.07, 6.45) is 0.610. The average Bonchev–Trinajstić information content (AvgIpc) is 2.40. The maximum atomic E-state index is 14.1. The van der Waals surface area contributed by atoms with Crippen LogP contribution >= 0.6 is 15.9 Å². The first-order valence-electron chi connectivity index (χ1n) is 6.51. The van der Waals surface area contributed by atoms with Crippen molar-refractivity contribution in [1.29, 1.82) is 0 Å². The van der Waals surface area contributed by atoms with Crippen LogP contribution < -0.4 is 5.32 Å². The molecule has 4 heteroatoms. The van der Waals surface area contributed by atoms with Gasteiger partial charge in [0.05, 0.1) is 4.47 Å². The molecule has 1 aliphatic rings. The van der Waals surface area contributed by atoms with E-state index in [4.69, 9.17) is 0 Å². The topological polar surface area (TPSA) is 12.0 Å². The first-order chi connectivity index (χ1) is 9.62. The van der Waals surface area contributed by atoms with Gasteiger partial charge in [-0.05, 0) is 45.6 Å². The highest BCUT2D eigenvalue weighted by Gasteiger charge is 2.41. The second-order valence-electron chi connectivity index (χ2n) is 5.25. The third kappa shape index (κ3) is 2.27. The van der Waals surface area contributed by atoms with Gasteiger partial charge in [-0.25, -0.2) is 8.78 Å². The minimum atomic E-state index is -0.290. The van der Waals surface area contributed by atoms with Gasteiger partial charge >= 0.3 is 0 Å². The van der Waals surface area contributed by atoms with Crippen LogP contribution in [0, 0.1) is 11.6 Å². The summed E-state index contributed by atoms with van der Waals surface area (Å²) in [6, 6.07) is 11.8. The Morgan fingerprint density at radius 2 is 1.70 bits per heavy atom. The van der Waals surface area contributed by atoms with Crippen LogP contribution in [0.2, 0.25) is 0 Å². The van der Waals surface area contributed by atoms with E-state index in [-0.39, 0.29) is 17.0 Å². The zero-order chi connectivity index (χ0) is 14.2. The first-order valence-corrected chi connectivity index (χ1v) is 7.30. The molecule has 0 spiro atoms. The van der Waals surface area contributed by atoms with Gasteiger partial charge in [0.15, 0.2) is 0 Å². The Morgan fingerprint density at radius 1 is 1.00 bits per heavy atom. The summed E-state index contributed by atoms with van der Waals surface area (Å²) in [4.78, 5) is 0. The lowest BCUT2D eigenvalue weighted by Gasteiger charge is -2.43. The van der Waals surface area contributed by atoms with Gasteiger partial charge in [0, 0.05) is 18.5 Å². The van der Waals surface area contributed by atoms with E-state index in [1.165, 1.54) is 12.1 Å².